The van der Waals surface area contributed by atoms with Crippen LogP contribution in [0.3, 0.4) is 0 Å². The van der Waals surface area contributed by atoms with Crippen LogP contribution in [0.25, 0.3) is 0 Å². The largest absolute Gasteiger partial charge is 0.497 e. The second-order valence-corrected chi connectivity index (χ2v) is 6.55. The molecule has 1 saturated heterocycles. The van der Waals surface area contributed by atoms with Crippen LogP contribution >= 0.6 is 24.0 Å². The average molecular weight is 514 g/mol. The van der Waals surface area contributed by atoms with Crippen molar-refractivity contribution in [3.8, 4) is 5.75 Å². The number of piperidine rings is 1. The molecule has 1 atom stereocenters. The third-order valence-electron chi connectivity index (χ3n) is 4.58. The Hall–Kier alpha value is -1.72. The van der Waals surface area contributed by atoms with Crippen LogP contribution in [0.2, 0.25) is 0 Å². The summed E-state index contributed by atoms with van der Waals surface area (Å²) in [5.41, 5.74) is 4.64. The van der Waals surface area contributed by atoms with Gasteiger partial charge in [0.05, 0.1) is 12.7 Å². The summed E-state index contributed by atoms with van der Waals surface area (Å²) >= 11 is 0. The molecule has 0 aromatic heterocycles. The highest BCUT2D eigenvalue weighted by Gasteiger charge is 2.34. The minimum atomic E-state index is -4.48. The number of hydrogen-bond acceptors (Lipinski definition) is 3. The molecule has 28 heavy (non-hydrogen) atoms. The number of likely N-dealkylation sites (tertiary alicyclic amines) is 1. The molecule has 2 rings (SSSR count). The predicted molar refractivity (Wildman–Crippen MR) is 112 cm³/mol. The maximum atomic E-state index is 13.3. The number of amides is 1. The number of alkyl halides is 3. The van der Waals surface area contributed by atoms with Gasteiger partial charge in [-0.2, -0.15) is 13.2 Å². The molecule has 1 aromatic rings. The number of carbonyl (C=O) groups excluding carboxylic acids is 1. The van der Waals surface area contributed by atoms with Crippen LogP contribution in [-0.4, -0.2) is 44.0 Å². The molecular formula is C18H26F3IN4O2. The summed E-state index contributed by atoms with van der Waals surface area (Å²) in [5.74, 6) is 0.438. The molecule has 1 amide bonds. The zero-order valence-electron chi connectivity index (χ0n) is 15.9. The van der Waals surface area contributed by atoms with Crippen molar-refractivity contribution in [3.05, 3.63) is 29.3 Å². The molecule has 0 spiro atoms. The molecule has 0 saturated carbocycles. The highest BCUT2D eigenvalue weighted by Crippen LogP contribution is 2.34. The van der Waals surface area contributed by atoms with Crippen LogP contribution in [0.1, 0.15) is 30.4 Å². The van der Waals surface area contributed by atoms with Gasteiger partial charge in [0.15, 0.2) is 5.96 Å². The van der Waals surface area contributed by atoms with Crippen molar-refractivity contribution in [2.75, 3.05) is 27.2 Å². The molecule has 3 N–H and O–H groups in total. The number of carbonyl (C=O) groups is 1. The maximum Gasteiger partial charge on any atom is 0.416 e. The third-order valence-corrected chi connectivity index (χ3v) is 4.58. The van der Waals surface area contributed by atoms with Crippen molar-refractivity contribution < 1.29 is 22.7 Å². The summed E-state index contributed by atoms with van der Waals surface area (Å²) < 4.78 is 44.9. The van der Waals surface area contributed by atoms with Gasteiger partial charge in [-0.3, -0.25) is 9.79 Å². The van der Waals surface area contributed by atoms with E-state index in [1.54, 1.807) is 7.05 Å². The standard InChI is InChI=1S/C18H25F3N4O2.HI/c1-23-17(25-7-3-4-12(11-25)8-16(22)26)24-10-13-5-6-14(27-2)9-15(13)18(19,20)21;/h5-6,9,12H,3-4,7-8,10-11H2,1-2H3,(H2,22,26)(H,23,24);1H. The molecule has 0 radical (unpaired) electrons. The van der Waals surface area contributed by atoms with E-state index in [1.807, 2.05) is 4.90 Å². The molecule has 1 aromatic carbocycles. The number of ether oxygens (including phenoxy) is 1. The van der Waals surface area contributed by atoms with Gasteiger partial charge in [0.1, 0.15) is 5.75 Å². The van der Waals surface area contributed by atoms with Gasteiger partial charge >= 0.3 is 6.18 Å². The Bertz CT molecular complexity index is 698. The second-order valence-electron chi connectivity index (χ2n) is 6.55. The highest BCUT2D eigenvalue weighted by atomic mass is 127. The van der Waals surface area contributed by atoms with E-state index in [1.165, 1.54) is 19.2 Å². The van der Waals surface area contributed by atoms with E-state index in [-0.39, 0.29) is 53.7 Å². The lowest BCUT2D eigenvalue weighted by molar-refractivity contribution is -0.138. The van der Waals surface area contributed by atoms with Gasteiger partial charge in [0.25, 0.3) is 0 Å². The normalized spacial score (nSPS) is 17.7. The van der Waals surface area contributed by atoms with Crippen molar-refractivity contribution in [1.82, 2.24) is 10.2 Å². The number of nitrogens with two attached hydrogens (primary N) is 1. The van der Waals surface area contributed by atoms with Crippen LogP contribution in [-0.2, 0) is 17.5 Å². The first-order valence-electron chi connectivity index (χ1n) is 8.72. The van der Waals surface area contributed by atoms with E-state index in [0.717, 1.165) is 25.5 Å². The van der Waals surface area contributed by atoms with Crippen molar-refractivity contribution in [3.63, 3.8) is 0 Å². The lowest BCUT2D eigenvalue weighted by atomic mass is 9.95. The Morgan fingerprint density at radius 1 is 1.43 bits per heavy atom. The third kappa shape index (κ3) is 6.71. The monoisotopic (exact) mass is 514 g/mol. The fourth-order valence-corrected chi connectivity index (χ4v) is 3.32. The SMILES string of the molecule is CN=C(NCc1ccc(OC)cc1C(F)(F)F)N1CCCC(CC(N)=O)C1.I. The lowest BCUT2D eigenvalue weighted by Crippen LogP contribution is -2.47. The van der Waals surface area contributed by atoms with Crippen LogP contribution in [0.15, 0.2) is 23.2 Å². The summed E-state index contributed by atoms with van der Waals surface area (Å²) in [6.45, 7) is 1.30. The Kier molecular flexibility index (Phi) is 9.31. The van der Waals surface area contributed by atoms with Gasteiger partial charge < -0.3 is 20.7 Å². The van der Waals surface area contributed by atoms with Crippen LogP contribution in [0, 0.1) is 5.92 Å². The van der Waals surface area contributed by atoms with Crippen LogP contribution < -0.4 is 15.8 Å². The Morgan fingerprint density at radius 2 is 2.14 bits per heavy atom. The quantitative estimate of drug-likeness (QED) is 0.360. The fourth-order valence-electron chi connectivity index (χ4n) is 3.32. The molecule has 10 heteroatoms. The Morgan fingerprint density at radius 3 is 2.71 bits per heavy atom. The smallest absolute Gasteiger partial charge is 0.416 e. The first-order valence-corrected chi connectivity index (χ1v) is 8.72. The summed E-state index contributed by atoms with van der Waals surface area (Å²) in [6, 6.07) is 3.89. The summed E-state index contributed by atoms with van der Waals surface area (Å²) in [7, 11) is 2.91. The van der Waals surface area contributed by atoms with Crippen LogP contribution in [0.5, 0.6) is 5.75 Å². The van der Waals surface area contributed by atoms with E-state index >= 15 is 0 Å². The van der Waals surface area contributed by atoms with E-state index in [2.05, 4.69) is 10.3 Å². The summed E-state index contributed by atoms with van der Waals surface area (Å²) in [5, 5.41) is 3.00. The molecule has 6 nitrogen and oxygen atoms in total. The van der Waals surface area contributed by atoms with Gasteiger partial charge in [0, 0.05) is 33.1 Å². The van der Waals surface area contributed by atoms with Crippen molar-refractivity contribution in [2.24, 2.45) is 16.6 Å². The topological polar surface area (TPSA) is 80.0 Å². The molecule has 1 heterocycles. The number of benzene rings is 1. The summed E-state index contributed by atoms with van der Waals surface area (Å²) in [6.07, 6.45) is -2.42. The molecule has 1 unspecified atom stereocenters. The Balaban J connectivity index is 0.00000392. The number of guanidine groups is 1. The molecular weight excluding hydrogens is 488 g/mol. The number of hydrogen-bond donors (Lipinski definition) is 2. The van der Waals surface area contributed by atoms with Gasteiger partial charge in [-0.15, -0.1) is 24.0 Å². The van der Waals surface area contributed by atoms with E-state index in [9.17, 15) is 18.0 Å². The van der Waals surface area contributed by atoms with E-state index < -0.39 is 11.7 Å². The van der Waals surface area contributed by atoms with Gasteiger partial charge in [-0.25, -0.2) is 0 Å². The fraction of sp³-hybridized carbons (Fsp3) is 0.556. The first-order chi connectivity index (χ1) is 12.7. The number of nitrogens with one attached hydrogen (secondary N) is 1. The van der Waals surface area contributed by atoms with E-state index in [0.29, 0.717) is 18.9 Å². The zero-order chi connectivity index (χ0) is 20.0. The molecule has 0 bridgehead atoms. The summed E-state index contributed by atoms with van der Waals surface area (Å²) in [4.78, 5) is 17.3. The van der Waals surface area contributed by atoms with Gasteiger partial charge in [-0.1, -0.05) is 6.07 Å². The molecule has 158 valence electrons. The number of methoxy groups -OCH3 is 1. The predicted octanol–water partition coefficient (Wildman–Crippen LogP) is 2.99. The van der Waals surface area contributed by atoms with Crippen LogP contribution in [0.4, 0.5) is 13.2 Å². The number of rotatable bonds is 5. The van der Waals surface area contributed by atoms with E-state index in [4.69, 9.17) is 10.5 Å². The zero-order valence-corrected chi connectivity index (χ0v) is 18.2. The molecule has 1 aliphatic rings. The highest BCUT2D eigenvalue weighted by molar-refractivity contribution is 14.0. The minimum absolute atomic E-state index is 0. The minimum Gasteiger partial charge on any atom is -0.497 e. The number of aliphatic imine (C=N–C) groups is 1. The lowest BCUT2D eigenvalue weighted by Gasteiger charge is -2.34. The maximum absolute atomic E-state index is 13.3. The number of nitrogens with zero attached hydrogens (tertiary/aromatic N) is 2. The number of primary amides is 1. The first kappa shape index (κ1) is 24.3. The molecule has 0 aliphatic carbocycles. The average Bonchev–Trinajstić information content (AvgIpc) is 2.61. The Labute approximate surface area is 179 Å². The van der Waals surface area contributed by atoms with Crippen molar-refractivity contribution in [2.45, 2.75) is 32.0 Å². The van der Waals surface area contributed by atoms with Crippen molar-refractivity contribution in [1.29, 1.82) is 0 Å². The molecule has 1 aliphatic heterocycles. The van der Waals surface area contributed by atoms with Crippen molar-refractivity contribution >= 4 is 35.8 Å². The van der Waals surface area contributed by atoms with Gasteiger partial charge in [-0.05, 0) is 36.5 Å². The van der Waals surface area contributed by atoms with Gasteiger partial charge in [0.2, 0.25) is 5.91 Å². The second kappa shape index (κ2) is 10.7. The molecule has 1 fully saturated rings. The number of halogens is 4.